The zero-order valence-corrected chi connectivity index (χ0v) is 13.6. The predicted octanol–water partition coefficient (Wildman–Crippen LogP) is 4.87. The van der Waals surface area contributed by atoms with E-state index in [4.69, 9.17) is 0 Å². The van der Waals surface area contributed by atoms with Crippen molar-refractivity contribution in [3.8, 4) is 0 Å². The van der Waals surface area contributed by atoms with Gasteiger partial charge in [-0.05, 0) is 57.6 Å². The second-order valence-electron chi connectivity index (χ2n) is 4.64. The lowest BCUT2D eigenvalue weighted by molar-refractivity contribution is 0.703. The van der Waals surface area contributed by atoms with Gasteiger partial charge in [-0.1, -0.05) is 33.7 Å². The lowest BCUT2D eigenvalue weighted by Crippen LogP contribution is -2.30. The molecule has 0 radical (unpaired) electrons. The highest BCUT2D eigenvalue weighted by molar-refractivity contribution is 8.76. The topological polar surface area (TPSA) is 3.24 Å². The first-order valence-electron chi connectivity index (χ1n) is 6.70. The maximum absolute atomic E-state index is 2.42. The molecule has 102 valence electrons. The molecule has 0 N–H and O–H groups in total. The van der Waals surface area contributed by atoms with Crippen LogP contribution in [0.15, 0.2) is 24.3 Å². The maximum Gasteiger partial charge on any atom is 0.0368 e. The van der Waals surface area contributed by atoms with Crippen LogP contribution >= 0.6 is 21.6 Å². The molecular formula is C15H25NS2. The summed E-state index contributed by atoms with van der Waals surface area (Å²) in [5, 5.41) is 0. The smallest absolute Gasteiger partial charge is 0.0368 e. The molecule has 3 heteroatoms. The number of benzene rings is 1. The molecule has 0 aliphatic carbocycles. The summed E-state index contributed by atoms with van der Waals surface area (Å²) in [7, 11) is 3.81. The molecule has 0 fully saturated rings. The van der Waals surface area contributed by atoms with Crippen LogP contribution in [0, 0.1) is 0 Å². The first kappa shape index (κ1) is 15.8. The lowest BCUT2D eigenvalue weighted by Gasteiger charge is -2.27. The lowest BCUT2D eigenvalue weighted by atomic mass is 10.1. The van der Waals surface area contributed by atoms with E-state index in [2.05, 4.69) is 56.2 Å². The molecule has 0 aromatic heterocycles. The quantitative estimate of drug-likeness (QED) is 0.495. The zero-order chi connectivity index (χ0) is 13.4. The van der Waals surface area contributed by atoms with Crippen LogP contribution in [0.3, 0.4) is 0 Å². The van der Waals surface area contributed by atoms with Crippen LogP contribution in [0.1, 0.15) is 32.8 Å². The summed E-state index contributed by atoms with van der Waals surface area (Å²) in [6.45, 7) is 7.78. The van der Waals surface area contributed by atoms with E-state index in [0.717, 1.165) is 6.54 Å². The van der Waals surface area contributed by atoms with Gasteiger partial charge in [0.1, 0.15) is 0 Å². The molecule has 1 rings (SSSR count). The van der Waals surface area contributed by atoms with E-state index in [-0.39, 0.29) is 0 Å². The van der Waals surface area contributed by atoms with Crippen molar-refractivity contribution in [2.24, 2.45) is 0 Å². The first-order chi connectivity index (χ1) is 8.69. The van der Waals surface area contributed by atoms with Crippen LogP contribution in [0.25, 0.3) is 0 Å². The van der Waals surface area contributed by atoms with Crippen LogP contribution in [0.2, 0.25) is 0 Å². The van der Waals surface area contributed by atoms with E-state index >= 15 is 0 Å². The highest BCUT2D eigenvalue weighted by Gasteiger charge is 2.07. The number of hydrogen-bond donors (Lipinski definition) is 0. The van der Waals surface area contributed by atoms with Crippen LogP contribution in [0.5, 0.6) is 0 Å². The fraction of sp³-hybridized carbons (Fsp3) is 0.600. The third-order valence-electron chi connectivity index (χ3n) is 3.04. The van der Waals surface area contributed by atoms with E-state index < -0.39 is 0 Å². The Morgan fingerprint density at radius 2 is 1.83 bits per heavy atom. The van der Waals surface area contributed by atoms with Gasteiger partial charge >= 0.3 is 0 Å². The fourth-order valence-electron chi connectivity index (χ4n) is 2.12. The Balaban J connectivity index is 2.51. The van der Waals surface area contributed by atoms with Gasteiger partial charge in [-0.3, -0.25) is 0 Å². The Bertz CT molecular complexity index is 322. The normalized spacial score (nSPS) is 10.9. The molecule has 0 unspecified atom stereocenters. The van der Waals surface area contributed by atoms with Crippen molar-refractivity contribution in [1.29, 1.82) is 0 Å². The van der Waals surface area contributed by atoms with Gasteiger partial charge in [0.2, 0.25) is 0 Å². The first-order valence-corrected chi connectivity index (χ1v) is 9.43. The van der Waals surface area contributed by atoms with Gasteiger partial charge in [0, 0.05) is 24.0 Å². The van der Waals surface area contributed by atoms with Crippen molar-refractivity contribution in [2.45, 2.75) is 39.7 Å². The summed E-state index contributed by atoms with van der Waals surface area (Å²) < 4.78 is 0. The second kappa shape index (κ2) is 8.76. The predicted molar refractivity (Wildman–Crippen MR) is 88.9 cm³/mol. The van der Waals surface area contributed by atoms with Crippen molar-refractivity contribution in [3.05, 3.63) is 29.8 Å². The fourth-order valence-corrected chi connectivity index (χ4v) is 3.40. The summed E-state index contributed by atoms with van der Waals surface area (Å²) >= 11 is 0. The number of nitrogens with zero attached hydrogens (tertiary/aromatic N) is 1. The van der Waals surface area contributed by atoms with Gasteiger partial charge < -0.3 is 4.90 Å². The molecule has 18 heavy (non-hydrogen) atoms. The number of anilines is 1. The van der Waals surface area contributed by atoms with Crippen LogP contribution < -0.4 is 4.90 Å². The number of aryl methyl sites for hydroxylation is 1. The third kappa shape index (κ3) is 5.15. The van der Waals surface area contributed by atoms with Crippen molar-refractivity contribution >= 4 is 27.3 Å². The van der Waals surface area contributed by atoms with E-state index in [1.54, 1.807) is 0 Å². The van der Waals surface area contributed by atoms with E-state index in [1.165, 1.54) is 29.8 Å². The number of hydrogen-bond acceptors (Lipinski definition) is 3. The van der Waals surface area contributed by atoms with Crippen LogP contribution in [0.4, 0.5) is 5.69 Å². The molecule has 1 aromatic rings. The molecule has 0 saturated carbocycles. The molecule has 1 nitrogen and oxygen atoms in total. The van der Waals surface area contributed by atoms with Crippen LogP contribution in [-0.4, -0.2) is 24.6 Å². The average Bonchev–Trinajstić information content (AvgIpc) is 2.37. The van der Waals surface area contributed by atoms with Crippen molar-refractivity contribution in [3.63, 3.8) is 0 Å². The molecule has 0 saturated heterocycles. The standard InChI is InChI=1S/C15H25NS2/c1-5-16(13(2)3)15-10-8-14(9-11-15)7-6-12-18-17-4/h8-11,13H,5-7,12H2,1-4H3. The Labute approximate surface area is 120 Å². The van der Waals surface area contributed by atoms with Crippen molar-refractivity contribution in [1.82, 2.24) is 0 Å². The maximum atomic E-state index is 2.42. The molecule has 0 aliphatic rings. The average molecular weight is 284 g/mol. The highest BCUT2D eigenvalue weighted by atomic mass is 33.1. The summed E-state index contributed by atoms with van der Waals surface area (Å²) in [5.41, 5.74) is 2.80. The molecule has 0 bridgehead atoms. The molecule has 0 heterocycles. The van der Waals surface area contributed by atoms with Crippen molar-refractivity contribution in [2.75, 3.05) is 23.5 Å². The summed E-state index contributed by atoms with van der Waals surface area (Å²) in [5.74, 6) is 1.25. The minimum Gasteiger partial charge on any atom is -0.369 e. The largest absolute Gasteiger partial charge is 0.369 e. The molecule has 0 aliphatic heterocycles. The van der Waals surface area contributed by atoms with Gasteiger partial charge in [-0.25, -0.2) is 0 Å². The Morgan fingerprint density at radius 3 is 2.33 bits per heavy atom. The van der Waals surface area contributed by atoms with Gasteiger partial charge in [0.25, 0.3) is 0 Å². The Morgan fingerprint density at radius 1 is 1.17 bits per heavy atom. The van der Waals surface area contributed by atoms with Gasteiger partial charge in [0.15, 0.2) is 0 Å². The molecule has 0 amide bonds. The van der Waals surface area contributed by atoms with E-state index in [1.807, 2.05) is 21.6 Å². The SMILES string of the molecule is CCN(c1ccc(CCCSSC)cc1)C(C)C. The summed E-state index contributed by atoms with van der Waals surface area (Å²) in [4.78, 5) is 2.42. The summed E-state index contributed by atoms with van der Waals surface area (Å²) in [6.07, 6.45) is 4.61. The highest BCUT2D eigenvalue weighted by Crippen LogP contribution is 2.21. The Kier molecular flexibility index (Phi) is 7.68. The minimum absolute atomic E-state index is 0.568. The third-order valence-corrected chi connectivity index (χ3v) is 4.94. The van der Waals surface area contributed by atoms with Gasteiger partial charge in [-0.15, -0.1) is 0 Å². The number of rotatable bonds is 8. The monoisotopic (exact) mass is 283 g/mol. The minimum atomic E-state index is 0.568. The Hall–Kier alpha value is -0.280. The molecule has 1 aromatic carbocycles. The zero-order valence-electron chi connectivity index (χ0n) is 12.0. The summed E-state index contributed by atoms with van der Waals surface area (Å²) in [6, 6.07) is 9.66. The molecular weight excluding hydrogens is 258 g/mol. The van der Waals surface area contributed by atoms with E-state index in [9.17, 15) is 0 Å². The molecule has 0 atom stereocenters. The van der Waals surface area contributed by atoms with Gasteiger partial charge in [-0.2, -0.15) is 0 Å². The molecule has 0 spiro atoms. The van der Waals surface area contributed by atoms with E-state index in [0.29, 0.717) is 6.04 Å². The van der Waals surface area contributed by atoms with Crippen LogP contribution in [-0.2, 0) is 6.42 Å². The van der Waals surface area contributed by atoms with Crippen molar-refractivity contribution < 1.29 is 0 Å². The van der Waals surface area contributed by atoms with Gasteiger partial charge in [0.05, 0.1) is 0 Å². The second-order valence-corrected chi connectivity index (χ2v) is 7.32.